The van der Waals surface area contributed by atoms with Gasteiger partial charge in [0.1, 0.15) is 42.1 Å². The minimum Gasteiger partial charge on any atom is -0.387 e. The molecule has 3 aromatic heterocycles. The maximum Gasteiger partial charge on any atom is 0.325 e. The molecule has 3 aliphatic heterocycles. The third-order valence-electron chi connectivity index (χ3n) is 7.53. The number of nitrogens with two attached hydrogens (primary N) is 2. The highest BCUT2D eigenvalue weighted by atomic mass is 32.5. The molecule has 3 unspecified atom stereocenters. The summed E-state index contributed by atoms with van der Waals surface area (Å²) in [5, 5.41) is 23.4. The summed E-state index contributed by atoms with van der Waals surface area (Å²) in [7, 11) is 0. The molecule has 42 heavy (non-hydrogen) atoms. The maximum atomic E-state index is 15.7. The van der Waals surface area contributed by atoms with Crippen LogP contribution in [0.15, 0.2) is 22.4 Å². The van der Waals surface area contributed by atoms with Gasteiger partial charge >= 0.3 is 6.72 Å². The van der Waals surface area contributed by atoms with E-state index in [1.54, 1.807) is 0 Å². The summed E-state index contributed by atoms with van der Waals surface area (Å²) in [6.07, 6.45) is -9.52. The predicted molar refractivity (Wildman–Crippen MR) is 140 cm³/mol. The summed E-state index contributed by atoms with van der Waals surface area (Å²) < 4.78 is 55.4. The van der Waals surface area contributed by atoms with Crippen molar-refractivity contribution < 1.29 is 42.4 Å². The number of alkyl halides is 2. The Bertz CT molecular complexity index is 1710. The number of nitrogens with one attached hydrogen (secondary N) is 2. The second kappa shape index (κ2) is 9.51. The van der Waals surface area contributed by atoms with Crippen LogP contribution in [0, 0.1) is 0 Å². The summed E-state index contributed by atoms with van der Waals surface area (Å²) in [6.45, 7) is -5.02. The van der Waals surface area contributed by atoms with E-state index in [9.17, 15) is 19.9 Å². The summed E-state index contributed by atoms with van der Waals surface area (Å²) in [4.78, 5) is 41.3. The van der Waals surface area contributed by atoms with Gasteiger partial charge in [-0.3, -0.25) is 28.4 Å². The quantitative estimate of drug-likeness (QED) is 0.142. The number of fused-ring (bicyclic) bond motifs is 3. The molecule has 3 fully saturated rings. The van der Waals surface area contributed by atoms with Crippen LogP contribution in [0.5, 0.6) is 0 Å². The second-order valence-corrected chi connectivity index (χ2v) is 12.8. The van der Waals surface area contributed by atoms with E-state index in [1.807, 2.05) is 0 Å². The highest BCUT2D eigenvalue weighted by Crippen LogP contribution is 2.62. The van der Waals surface area contributed by atoms with E-state index in [4.69, 9.17) is 41.8 Å². The zero-order valence-electron chi connectivity index (χ0n) is 21.0. The van der Waals surface area contributed by atoms with Crippen molar-refractivity contribution in [2.24, 2.45) is 10.7 Å². The van der Waals surface area contributed by atoms with Crippen LogP contribution < -0.4 is 22.3 Å². The molecule has 226 valence electrons. The molecule has 0 amide bonds. The Morgan fingerprint density at radius 2 is 2.00 bits per heavy atom. The number of anilines is 2. The first-order valence-corrected chi connectivity index (χ1v) is 15.0. The van der Waals surface area contributed by atoms with Gasteiger partial charge in [-0.2, -0.15) is 4.98 Å². The highest BCUT2D eigenvalue weighted by molar-refractivity contribution is 8.07. The monoisotopic (exact) mass is 632 g/mol. The fourth-order valence-electron chi connectivity index (χ4n) is 5.34. The number of imidazole rings is 2. The molecular formula is C20H23F2N10O8PS. The zero-order chi connectivity index (χ0) is 29.7. The molecule has 18 nitrogen and oxygen atoms in total. The van der Waals surface area contributed by atoms with E-state index in [-0.39, 0.29) is 17.1 Å². The van der Waals surface area contributed by atoms with Gasteiger partial charge in [-0.1, -0.05) is 0 Å². The van der Waals surface area contributed by atoms with Crippen molar-refractivity contribution >= 4 is 47.8 Å². The number of aliphatic imine (C=N–C) groups is 1. The van der Waals surface area contributed by atoms with Crippen LogP contribution in [0.1, 0.15) is 24.3 Å². The third kappa shape index (κ3) is 4.12. The molecular weight excluding hydrogens is 609 g/mol. The molecule has 3 aromatic rings. The fourth-order valence-corrected chi connectivity index (χ4v) is 6.75. The van der Waals surface area contributed by atoms with Crippen molar-refractivity contribution in [3.63, 3.8) is 0 Å². The molecule has 0 radical (unpaired) electrons. The average Bonchev–Trinajstić information content (AvgIpc) is 3.47. The van der Waals surface area contributed by atoms with Crippen LogP contribution in [0.4, 0.5) is 20.5 Å². The molecule has 1 aliphatic carbocycles. The lowest BCUT2D eigenvalue weighted by Gasteiger charge is -2.29. The normalized spacial score (nSPS) is 38.3. The molecule has 22 heteroatoms. The number of halogens is 2. The topological polar surface area (TPSA) is 255 Å². The fraction of sp³-hybridized carbons (Fsp3) is 0.550. The first kappa shape index (κ1) is 27.8. The minimum absolute atomic E-state index is 0.0766. The molecule has 11 atom stereocenters. The molecule has 0 spiro atoms. The number of hydrogen-bond acceptors (Lipinski definition) is 15. The largest absolute Gasteiger partial charge is 0.387 e. The summed E-state index contributed by atoms with van der Waals surface area (Å²) >= 11 is 5.08. The van der Waals surface area contributed by atoms with Crippen molar-refractivity contribution in [2.75, 3.05) is 17.7 Å². The van der Waals surface area contributed by atoms with Gasteiger partial charge in [-0.25, -0.2) is 18.7 Å². The van der Waals surface area contributed by atoms with E-state index >= 15 is 8.78 Å². The van der Waals surface area contributed by atoms with Crippen LogP contribution in [0.25, 0.3) is 11.2 Å². The van der Waals surface area contributed by atoms with Crippen LogP contribution in [0.3, 0.4) is 0 Å². The summed E-state index contributed by atoms with van der Waals surface area (Å²) in [5.41, 5.74) is 8.47. The van der Waals surface area contributed by atoms with E-state index in [2.05, 4.69) is 30.2 Å². The lowest BCUT2D eigenvalue weighted by Crippen LogP contribution is -2.36. The van der Waals surface area contributed by atoms with Gasteiger partial charge in [-0.05, 0) is 11.8 Å². The van der Waals surface area contributed by atoms with Crippen molar-refractivity contribution in [1.82, 2.24) is 29.1 Å². The molecule has 2 saturated heterocycles. The van der Waals surface area contributed by atoms with Gasteiger partial charge in [0.15, 0.2) is 41.6 Å². The lowest BCUT2D eigenvalue weighted by molar-refractivity contribution is -0.0795. The Morgan fingerprint density at radius 3 is 2.79 bits per heavy atom. The van der Waals surface area contributed by atoms with Crippen LogP contribution >= 0.6 is 6.72 Å². The zero-order valence-corrected chi connectivity index (χ0v) is 22.7. The molecule has 6 heterocycles. The van der Waals surface area contributed by atoms with Crippen LogP contribution in [-0.4, -0.2) is 99.5 Å². The van der Waals surface area contributed by atoms with Crippen LogP contribution in [-0.2, 0) is 30.3 Å². The number of hydrogen-bond donors (Lipinski definition) is 7. The SMILES string of the molecule is Nc1nc2c(ncn2[C@@H]2O[C@@H]3C(O)[C@]3(F)[C@H]2OP(O)(=S)OC[C@H]2O[C@@H](n3cnc4c3NC=NC4N)[C@@H](F)[C@@H]2O)c(=O)[nH]1. The summed E-state index contributed by atoms with van der Waals surface area (Å²) in [5.74, 6) is 0.0703. The number of aliphatic hydroxyl groups excluding tert-OH is 2. The smallest absolute Gasteiger partial charge is 0.325 e. The Hall–Kier alpha value is -2.98. The van der Waals surface area contributed by atoms with Crippen molar-refractivity contribution in [3.05, 3.63) is 28.7 Å². The van der Waals surface area contributed by atoms with Gasteiger partial charge < -0.3 is 45.9 Å². The van der Waals surface area contributed by atoms with Gasteiger partial charge in [0.25, 0.3) is 5.56 Å². The Labute approximate surface area is 237 Å². The van der Waals surface area contributed by atoms with Crippen LogP contribution in [0.2, 0.25) is 0 Å². The standard InChI is InChI=1S/C20H23F2N10O8PS/c21-6-9(33)5(38-17(6)31-3-27-7-13(23)25-2-26-14(7)31)1-37-41(36,42)40-12-18(39-11-10(34)20(11,12)22)32-4-28-8-15(32)29-19(24)30-16(8)35/h2-6,9-13,17-18,33-34H,1,23H2,(H,25,26)(H,36,42)(H3,24,29,30,35)/t5-,6+,9-,10?,11-,12+,13?,17-,18-,20-,41?/m1/s1. The maximum absolute atomic E-state index is 15.7. The third-order valence-corrected chi connectivity index (χ3v) is 9.07. The number of ether oxygens (including phenoxy) is 2. The average molecular weight is 633 g/mol. The lowest BCUT2D eigenvalue weighted by atomic mass is 10.1. The highest BCUT2D eigenvalue weighted by Gasteiger charge is 2.80. The Kier molecular flexibility index (Phi) is 6.30. The van der Waals surface area contributed by atoms with Gasteiger partial charge in [0, 0.05) is 0 Å². The predicted octanol–water partition coefficient (Wildman–Crippen LogP) is -1.80. The molecule has 0 bridgehead atoms. The minimum atomic E-state index is -4.37. The molecule has 0 aromatic carbocycles. The van der Waals surface area contributed by atoms with Gasteiger partial charge in [0.2, 0.25) is 5.95 Å². The number of H-pyrrole nitrogens is 1. The molecule has 4 aliphatic rings. The summed E-state index contributed by atoms with van der Waals surface area (Å²) in [6, 6.07) is 0. The number of nitrogens with zero attached hydrogens (tertiary/aromatic N) is 6. The van der Waals surface area contributed by atoms with Gasteiger partial charge in [0.05, 0.1) is 25.6 Å². The van der Waals surface area contributed by atoms with Gasteiger partial charge in [-0.15, -0.1) is 0 Å². The first-order valence-electron chi connectivity index (χ1n) is 12.4. The Morgan fingerprint density at radius 1 is 1.24 bits per heavy atom. The number of aromatic amines is 1. The molecule has 7 rings (SSSR count). The Balaban J connectivity index is 1.08. The van der Waals surface area contributed by atoms with E-state index in [0.717, 1.165) is 10.9 Å². The molecule has 9 N–H and O–H groups in total. The first-order chi connectivity index (χ1) is 19.9. The van der Waals surface area contributed by atoms with E-state index < -0.39 is 79.9 Å². The number of nitrogen functional groups attached to an aromatic ring is 1. The van der Waals surface area contributed by atoms with Crippen molar-refractivity contribution in [3.8, 4) is 0 Å². The van der Waals surface area contributed by atoms with E-state index in [1.165, 1.54) is 17.2 Å². The van der Waals surface area contributed by atoms with Crippen molar-refractivity contribution in [2.45, 2.75) is 61.0 Å². The van der Waals surface area contributed by atoms with E-state index in [0.29, 0.717) is 11.5 Å². The number of rotatable bonds is 7. The molecule has 1 saturated carbocycles. The van der Waals surface area contributed by atoms with Crippen molar-refractivity contribution in [1.29, 1.82) is 0 Å². The second-order valence-electron chi connectivity index (χ2n) is 10.0. The number of aliphatic hydroxyl groups is 2. The number of aromatic nitrogens is 6.